The van der Waals surface area contributed by atoms with Gasteiger partial charge in [-0.1, -0.05) is 19.8 Å². The highest BCUT2D eigenvalue weighted by atomic mass is 15.2. The van der Waals surface area contributed by atoms with E-state index in [2.05, 4.69) is 17.9 Å². The first-order chi connectivity index (χ1) is 7.35. The van der Waals surface area contributed by atoms with Crippen LogP contribution < -0.4 is 0 Å². The van der Waals surface area contributed by atoms with Crippen LogP contribution in [0.2, 0.25) is 0 Å². The van der Waals surface area contributed by atoms with Crippen LogP contribution in [0.1, 0.15) is 45.4 Å². The smallest absolute Gasteiger partial charge is 0.0672 e. The van der Waals surface area contributed by atoms with Gasteiger partial charge in [0.1, 0.15) is 0 Å². The number of hydrogen-bond donors (Lipinski definition) is 0. The molecule has 2 heteroatoms. The predicted molar refractivity (Wildman–Crippen MR) is 61.3 cm³/mol. The number of nitriles is 1. The van der Waals surface area contributed by atoms with E-state index >= 15 is 0 Å². The lowest BCUT2D eigenvalue weighted by atomic mass is 9.92. The molecule has 0 aromatic heterocycles. The van der Waals surface area contributed by atoms with E-state index in [4.69, 9.17) is 5.26 Å². The fourth-order valence-electron chi connectivity index (χ4n) is 3.26. The second-order valence-electron chi connectivity index (χ2n) is 5.15. The van der Waals surface area contributed by atoms with Crippen molar-refractivity contribution >= 4 is 0 Å². The van der Waals surface area contributed by atoms with Gasteiger partial charge in [-0.25, -0.2) is 0 Å². The van der Waals surface area contributed by atoms with Crippen molar-refractivity contribution < 1.29 is 0 Å². The first kappa shape index (κ1) is 11.0. The third-order valence-electron chi connectivity index (χ3n) is 4.24. The van der Waals surface area contributed by atoms with E-state index in [0.29, 0.717) is 12.0 Å². The Labute approximate surface area is 93.3 Å². The van der Waals surface area contributed by atoms with Gasteiger partial charge in [-0.15, -0.1) is 0 Å². The molecule has 2 aliphatic rings. The molecule has 15 heavy (non-hydrogen) atoms. The van der Waals surface area contributed by atoms with Crippen LogP contribution in [-0.2, 0) is 0 Å². The van der Waals surface area contributed by atoms with Crippen LogP contribution in [0.5, 0.6) is 0 Å². The normalized spacial score (nSPS) is 37.7. The van der Waals surface area contributed by atoms with Gasteiger partial charge in [0.15, 0.2) is 0 Å². The predicted octanol–water partition coefficient (Wildman–Crippen LogP) is 2.80. The Morgan fingerprint density at radius 2 is 2.13 bits per heavy atom. The summed E-state index contributed by atoms with van der Waals surface area (Å²) in [5, 5.41) is 9.11. The summed E-state index contributed by atoms with van der Waals surface area (Å²) < 4.78 is 0. The Balaban J connectivity index is 1.95. The van der Waals surface area contributed by atoms with Gasteiger partial charge in [0.25, 0.3) is 0 Å². The number of rotatable bonds is 2. The maximum absolute atomic E-state index is 9.11. The number of likely N-dealkylation sites (tertiary alicyclic amines) is 1. The van der Waals surface area contributed by atoms with Gasteiger partial charge in [0.2, 0.25) is 0 Å². The molecule has 0 spiro atoms. The van der Waals surface area contributed by atoms with E-state index in [-0.39, 0.29) is 0 Å². The average molecular weight is 206 g/mol. The van der Waals surface area contributed by atoms with Gasteiger partial charge in [-0.3, -0.25) is 4.90 Å². The third-order valence-corrected chi connectivity index (χ3v) is 4.24. The van der Waals surface area contributed by atoms with Crippen molar-refractivity contribution in [2.24, 2.45) is 11.8 Å². The van der Waals surface area contributed by atoms with Gasteiger partial charge < -0.3 is 0 Å². The topological polar surface area (TPSA) is 27.0 Å². The molecule has 1 aliphatic heterocycles. The molecule has 0 aromatic rings. The van der Waals surface area contributed by atoms with Crippen molar-refractivity contribution in [3.63, 3.8) is 0 Å². The van der Waals surface area contributed by atoms with E-state index in [1.165, 1.54) is 45.2 Å². The van der Waals surface area contributed by atoms with Gasteiger partial charge in [0, 0.05) is 12.6 Å². The van der Waals surface area contributed by atoms with Crippen LogP contribution in [0.4, 0.5) is 0 Å². The zero-order valence-corrected chi connectivity index (χ0v) is 9.78. The van der Waals surface area contributed by atoms with Crippen molar-refractivity contribution in [3.05, 3.63) is 0 Å². The van der Waals surface area contributed by atoms with Gasteiger partial charge in [-0.05, 0) is 38.1 Å². The molecular formula is C13H22N2. The third kappa shape index (κ3) is 2.34. The molecule has 1 saturated heterocycles. The molecule has 2 rings (SSSR count). The lowest BCUT2D eigenvalue weighted by Crippen LogP contribution is -2.44. The minimum Gasteiger partial charge on any atom is -0.299 e. The second-order valence-corrected chi connectivity index (χ2v) is 5.15. The summed E-state index contributed by atoms with van der Waals surface area (Å²) in [6.07, 6.45) is 7.70. The molecule has 0 N–H and O–H groups in total. The van der Waals surface area contributed by atoms with E-state index < -0.39 is 0 Å². The second kappa shape index (κ2) is 4.99. The van der Waals surface area contributed by atoms with E-state index in [1.54, 1.807) is 0 Å². The lowest BCUT2D eigenvalue weighted by molar-refractivity contribution is 0.110. The number of nitrogens with zero attached hydrogens (tertiary/aromatic N) is 2. The highest BCUT2D eigenvalue weighted by molar-refractivity contribution is 4.98. The standard InChI is InChI=1S/C13H22N2/c1-2-11-5-4-8-15(10-11)13-7-3-6-12(13)9-14/h11-13H,2-8,10H2,1H3. The molecule has 2 nitrogen and oxygen atoms in total. The molecule has 1 heterocycles. The average Bonchev–Trinajstić information content (AvgIpc) is 2.77. The summed E-state index contributed by atoms with van der Waals surface area (Å²) in [5.41, 5.74) is 0. The maximum atomic E-state index is 9.11. The van der Waals surface area contributed by atoms with Crippen LogP contribution in [0.3, 0.4) is 0 Å². The van der Waals surface area contributed by atoms with Crippen molar-refractivity contribution in [3.8, 4) is 6.07 Å². The molecule has 0 aromatic carbocycles. The fourth-order valence-corrected chi connectivity index (χ4v) is 3.26. The number of hydrogen-bond acceptors (Lipinski definition) is 2. The zero-order chi connectivity index (χ0) is 10.7. The Hall–Kier alpha value is -0.550. The quantitative estimate of drug-likeness (QED) is 0.694. The fraction of sp³-hybridized carbons (Fsp3) is 0.923. The first-order valence-corrected chi connectivity index (χ1v) is 6.48. The highest BCUT2D eigenvalue weighted by Crippen LogP contribution is 2.32. The van der Waals surface area contributed by atoms with Crippen molar-refractivity contribution in [1.29, 1.82) is 5.26 Å². The molecule has 2 fully saturated rings. The summed E-state index contributed by atoms with van der Waals surface area (Å²) in [7, 11) is 0. The summed E-state index contributed by atoms with van der Waals surface area (Å²) in [6.45, 7) is 4.78. The molecular weight excluding hydrogens is 184 g/mol. The van der Waals surface area contributed by atoms with E-state index in [0.717, 1.165) is 12.3 Å². The van der Waals surface area contributed by atoms with Gasteiger partial charge >= 0.3 is 0 Å². The largest absolute Gasteiger partial charge is 0.299 e. The van der Waals surface area contributed by atoms with Crippen molar-refractivity contribution in [1.82, 2.24) is 4.90 Å². The summed E-state index contributed by atoms with van der Waals surface area (Å²) in [4.78, 5) is 2.61. The van der Waals surface area contributed by atoms with Crippen LogP contribution in [-0.4, -0.2) is 24.0 Å². The summed E-state index contributed by atoms with van der Waals surface area (Å²) >= 11 is 0. The van der Waals surface area contributed by atoms with E-state index in [9.17, 15) is 0 Å². The highest BCUT2D eigenvalue weighted by Gasteiger charge is 2.34. The van der Waals surface area contributed by atoms with Crippen molar-refractivity contribution in [2.45, 2.75) is 51.5 Å². The molecule has 0 amide bonds. The minimum absolute atomic E-state index is 0.320. The molecule has 3 atom stereocenters. The summed E-state index contributed by atoms with van der Waals surface area (Å²) in [6, 6.07) is 3.09. The van der Waals surface area contributed by atoms with Gasteiger partial charge in [-0.2, -0.15) is 5.26 Å². The van der Waals surface area contributed by atoms with Crippen LogP contribution in [0.25, 0.3) is 0 Å². The zero-order valence-electron chi connectivity index (χ0n) is 9.78. The Kier molecular flexibility index (Phi) is 3.64. The SMILES string of the molecule is CCC1CCCN(C2CCCC2C#N)C1. The van der Waals surface area contributed by atoms with Crippen molar-refractivity contribution in [2.75, 3.05) is 13.1 Å². The molecule has 0 bridgehead atoms. The Bertz CT molecular complexity index is 243. The van der Waals surface area contributed by atoms with E-state index in [1.807, 2.05) is 0 Å². The Morgan fingerprint density at radius 3 is 2.87 bits per heavy atom. The summed E-state index contributed by atoms with van der Waals surface area (Å²) in [5.74, 6) is 1.21. The lowest BCUT2D eigenvalue weighted by Gasteiger charge is -2.37. The minimum atomic E-state index is 0.320. The first-order valence-electron chi connectivity index (χ1n) is 6.48. The van der Waals surface area contributed by atoms with Crippen LogP contribution in [0, 0.1) is 23.2 Å². The molecule has 84 valence electrons. The molecule has 1 aliphatic carbocycles. The molecule has 0 radical (unpaired) electrons. The number of piperidine rings is 1. The molecule has 1 saturated carbocycles. The van der Waals surface area contributed by atoms with Gasteiger partial charge in [0.05, 0.1) is 12.0 Å². The van der Waals surface area contributed by atoms with Crippen LogP contribution in [0.15, 0.2) is 0 Å². The Morgan fingerprint density at radius 1 is 1.27 bits per heavy atom. The van der Waals surface area contributed by atoms with Crippen LogP contribution >= 0.6 is 0 Å². The molecule has 3 unspecified atom stereocenters. The maximum Gasteiger partial charge on any atom is 0.0672 e. The monoisotopic (exact) mass is 206 g/mol.